The Bertz CT molecular complexity index is 1420. The Balaban J connectivity index is 1.64. The molecule has 1 aliphatic heterocycles. The van der Waals surface area contributed by atoms with Crippen LogP contribution in [0.1, 0.15) is 43.0 Å². The fourth-order valence-corrected chi connectivity index (χ4v) is 5.12. The van der Waals surface area contributed by atoms with E-state index in [2.05, 4.69) is 10.3 Å². The van der Waals surface area contributed by atoms with Crippen LogP contribution in [0.15, 0.2) is 70.3 Å². The molecule has 1 fully saturated rings. The fourth-order valence-electron chi connectivity index (χ4n) is 5.12. The highest BCUT2D eigenvalue weighted by molar-refractivity contribution is 5.39. The highest BCUT2D eigenvalue weighted by Gasteiger charge is 2.52. The van der Waals surface area contributed by atoms with E-state index in [0.29, 0.717) is 36.6 Å². The van der Waals surface area contributed by atoms with Crippen molar-refractivity contribution >= 4 is 0 Å². The van der Waals surface area contributed by atoms with Crippen LogP contribution in [0.25, 0.3) is 11.5 Å². The lowest BCUT2D eigenvalue weighted by molar-refractivity contribution is -0.0659. The molecule has 162 valence electrons. The van der Waals surface area contributed by atoms with Crippen LogP contribution in [0.3, 0.4) is 0 Å². The highest BCUT2D eigenvalue weighted by Crippen LogP contribution is 2.47. The Labute approximate surface area is 182 Å². The van der Waals surface area contributed by atoms with Gasteiger partial charge in [0.05, 0.1) is 18.3 Å². The average molecular weight is 430 g/mol. The van der Waals surface area contributed by atoms with Crippen LogP contribution in [0.4, 0.5) is 0 Å². The van der Waals surface area contributed by atoms with E-state index in [9.17, 15) is 14.7 Å². The molecule has 9 nitrogen and oxygen atoms in total. The lowest BCUT2D eigenvalue weighted by atomic mass is 9.77. The van der Waals surface area contributed by atoms with Crippen LogP contribution in [0.2, 0.25) is 0 Å². The number of aliphatic hydroxyl groups is 1. The van der Waals surface area contributed by atoms with Crippen molar-refractivity contribution in [3.05, 3.63) is 92.9 Å². The first kappa shape index (κ1) is 19.0. The van der Waals surface area contributed by atoms with Gasteiger partial charge in [-0.25, -0.2) is 23.5 Å². The molecule has 1 aliphatic carbocycles. The van der Waals surface area contributed by atoms with Gasteiger partial charge >= 0.3 is 11.4 Å². The topological polar surface area (TPSA) is 99.9 Å². The van der Waals surface area contributed by atoms with E-state index < -0.39 is 23.0 Å². The van der Waals surface area contributed by atoms with Crippen LogP contribution in [0, 0.1) is 0 Å². The van der Waals surface area contributed by atoms with Crippen molar-refractivity contribution < 1.29 is 5.11 Å². The number of benzene rings is 2. The van der Waals surface area contributed by atoms with Crippen molar-refractivity contribution in [3.8, 4) is 11.5 Å². The van der Waals surface area contributed by atoms with Gasteiger partial charge in [-0.1, -0.05) is 66.6 Å². The van der Waals surface area contributed by atoms with Crippen LogP contribution < -0.4 is 11.4 Å². The Morgan fingerprint density at radius 2 is 1.69 bits per heavy atom. The fraction of sp³-hybridized carbons (Fsp3) is 0.304. The second-order valence-electron chi connectivity index (χ2n) is 8.48. The first-order chi connectivity index (χ1) is 15.6. The number of hydrogen-bond donors (Lipinski definition) is 1. The molecular weight excluding hydrogens is 408 g/mol. The number of fused-ring (bicyclic) bond motifs is 6. The van der Waals surface area contributed by atoms with Gasteiger partial charge in [0.15, 0.2) is 5.82 Å². The van der Waals surface area contributed by atoms with E-state index in [1.54, 1.807) is 28.9 Å². The Morgan fingerprint density at radius 3 is 2.44 bits per heavy atom. The summed E-state index contributed by atoms with van der Waals surface area (Å²) in [5, 5.41) is 20.4. The van der Waals surface area contributed by atoms with E-state index in [0.717, 1.165) is 23.0 Å². The number of hydrogen-bond acceptors (Lipinski definition) is 5. The summed E-state index contributed by atoms with van der Waals surface area (Å²) in [5.41, 5.74) is -0.481. The Morgan fingerprint density at radius 1 is 0.969 bits per heavy atom. The maximum absolute atomic E-state index is 13.6. The molecule has 2 aromatic heterocycles. The lowest BCUT2D eigenvalue weighted by Gasteiger charge is -2.42. The van der Waals surface area contributed by atoms with Crippen molar-refractivity contribution in [1.29, 1.82) is 0 Å². The molecule has 0 saturated heterocycles. The van der Waals surface area contributed by atoms with E-state index in [1.807, 2.05) is 36.4 Å². The summed E-state index contributed by atoms with van der Waals surface area (Å²) in [6.45, 7) is 0.362. The van der Waals surface area contributed by atoms with E-state index in [-0.39, 0.29) is 0 Å². The van der Waals surface area contributed by atoms with E-state index >= 15 is 0 Å². The van der Waals surface area contributed by atoms with Gasteiger partial charge in [0.1, 0.15) is 11.3 Å². The van der Waals surface area contributed by atoms with Gasteiger partial charge in [-0.3, -0.25) is 0 Å². The minimum absolute atomic E-state index is 0.353. The number of para-hydroxylation sites is 1. The van der Waals surface area contributed by atoms with Crippen molar-refractivity contribution in [2.75, 3.05) is 0 Å². The molecular formula is C23H22N6O3. The van der Waals surface area contributed by atoms with Crippen molar-refractivity contribution in [2.24, 2.45) is 0 Å². The van der Waals surface area contributed by atoms with Crippen molar-refractivity contribution in [3.63, 3.8) is 0 Å². The van der Waals surface area contributed by atoms with Crippen molar-refractivity contribution in [1.82, 2.24) is 28.9 Å². The molecule has 0 spiro atoms. The van der Waals surface area contributed by atoms with Gasteiger partial charge in [-0.2, -0.15) is 4.68 Å². The summed E-state index contributed by atoms with van der Waals surface area (Å²) in [6, 6.07) is 18.0. The zero-order valence-electron chi connectivity index (χ0n) is 17.3. The number of nitrogens with zero attached hydrogens (tertiary/aromatic N) is 6. The third-order valence-corrected chi connectivity index (χ3v) is 6.62. The SMILES string of the molecule is O=c1n(-c2ccccc2)c(=O)n2n1-c1c(nnn1Cc1ccccc1)C1(O)CCCCC21. The van der Waals surface area contributed by atoms with Crippen LogP contribution >= 0.6 is 0 Å². The summed E-state index contributed by atoms with van der Waals surface area (Å²) in [6.07, 6.45) is 2.72. The summed E-state index contributed by atoms with van der Waals surface area (Å²) >= 11 is 0. The number of aromatic nitrogens is 6. The summed E-state index contributed by atoms with van der Waals surface area (Å²) in [4.78, 5) is 27.2. The molecule has 1 saturated carbocycles. The second-order valence-corrected chi connectivity index (χ2v) is 8.48. The zero-order chi connectivity index (χ0) is 21.9. The molecule has 2 aliphatic rings. The molecule has 2 aromatic carbocycles. The van der Waals surface area contributed by atoms with Crippen molar-refractivity contribution in [2.45, 2.75) is 43.9 Å². The normalized spacial score (nSPS) is 21.6. The van der Waals surface area contributed by atoms with Gasteiger partial charge < -0.3 is 5.11 Å². The van der Waals surface area contributed by atoms with E-state index in [4.69, 9.17) is 0 Å². The molecule has 4 aromatic rings. The average Bonchev–Trinajstić information content (AvgIpc) is 3.34. The largest absolute Gasteiger partial charge is 0.381 e. The van der Waals surface area contributed by atoms with Gasteiger partial charge in [0, 0.05) is 0 Å². The minimum atomic E-state index is -1.35. The zero-order valence-corrected chi connectivity index (χ0v) is 17.3. The van der Waals surface area contributed by atoms with Gasteiger partial charge in [-0.15, -0.1) is 5.10 Å². The monoisotopic (exact) mass is 430 g/mol. The third kappa shape index (κ3) is 2.54. The number of rotatable bonds is 3. The molecule has 9 heteroatoms. The van der Waals surface area contributed by atoms with Crippen LogP contribution in [-0.4, -0.2) is 34.0 Å². The minimum Gasteiger partial charge on any atom is -0.381 e. The van der Waals surface area contributed by atoms with Crippen LogP contribution in [-0.2, 0) is 12.1 Å². The second kappa shape index (κ2) is 6.89. The standard InChI is InChI=1S/C23H22N6O3/c30-21-27(17-11-5-2-6-12-17)22(31)29-20-19(23(32)14-8-7-13-18(23)28(21)29)24-25-26(20)15-16-9-3-1-4-10-16/h1-6,9-12,18,32H,7-8,13-15H2. The third-order valence-electron chi connectivity index (χ3n) is 6.62. The Hall–Kier alpha value is -3.72. The predicted octanol–water partition coefficient (Wildman–Crippen LogP) is 1.75. The van der Waals surface area contributed by atoms with Gasteiger partial charge in [0.2, 0.25) is 0 Å². The molecule has 2 unspecified atom stereocenters. The molecule has 6 rings (SSSR count). The summed E-state index contributed by atoms with van der Waals surface area (Å²) in [7, 11) is 0. The summed E-state index contributed by atoms with van der Waals surface area (Å²) < 4.78 is 5.53. The Kier molecular flexibility index (Phi) is 4.09. The molecule has 1 N–H and O–H groups in total. The molecule has 32 heavy (non-hydrogen) atoms. The smallest absolute Gasteiger partial charge is 0.358 e. The molecule has 0 bridgehead atoms. The first-order valence-corrected chi connectivity index (χ1v) is 10.8. The van der Waals surface area contributed by atoms with Gasteiger partial charge in [-0.05, 0) is 30.5 Å². The van der Waals surface area contributed by atoms with E-state index in [1.165, 1.54) is 9.36 Å². The first-order valence-electron chi connectivity index (χ1n) is 10.8. The maximum Gasteiger partial charge on any atom is 0.358 e. The molecule has 2 atom stereocenters. The molecule has 0 radical (unpaired) electrons. The summed E-state index contributed by atoms with van der Waals surface area (Å²) in [5.74, 6) is 0.353. The predicted molar refractivity (Wildman–Crippen MR) is 116 cm³/mol. The molecule has 3 heterocycles. The molecule has 0 amide bonds. The van der Waals surface area contributed by atoms with Crippen LogP contribution in [0.5, 0.6) is 0 Å². The van der Waals surface area contributed by atoms with Gasteiger partial charge in [0.25, 0.3) is 0 Å². The lowest BCUT2D eigenvalue weighted by Crippen LogP contribution is -2.50. The maximum atomic E-state index is 13.6. The quantitative estimate of drug-likeness (QED) is 0.534. The highest BCUT2D eigenvalue weighted by atomic mass is 16.3.